The molecule has 34 heavy (non-hydrogen) atoms. The number of hydrogen-bond donors (Lipinski definition) is 0. The van der Waals surface area contributed by atoms with E-state index in [1.54, 1.807) is 17.0 Å². The zero-order valence-corrected chi connectivity index (χ0v) is 20.9. The number of rotatable bonds is 9. The molecule has 0 spiro atoms. The lowest BCUT2D eigenvalue weighted by Gasteiger charge is -2.26. The molecule has 6 nitrogen and oxygen atoms in total. The standard InChI is InChI=1S/C27H31ClN2O4/c1-5-29(6-2)13-8-14-30-24(18-9-11-19(12-10-18)33-7-3)23-25(31)20-16-21(28)17(4)15-22(20)34-26(23)27(30)32/h9-12,15-16,24H,5-8,13-14H2,1-4H3. The van der Waals surface area contributed by atoms with E-state index in [1.165, 1.54) is 0 Å². The second kappa shape index (κ2) is 10.2. The molecule has 1 aliphatic heterocycles. The third-order valence-electron chi connectivity index (χ3n) is 6.52. The van der Waals surface area contributed by atoms with E-state index in [0.717, 1.165) is 42.9 Å². The van der Waals surface area contributed by atoms with E-state index in [0.29, 0.717) is 34.7 Å². The number of aryl methyl sites for hydroxylation is 1. The van der Waals surface area contributed by atoms with E-state index >= 15 is 0 Å². The van der Waals surface area contributed by atoms with Crippen molar-refractivity contribution < 1.29 is 13.9 Å². The predicted octanol–water partition coefficient (Wildman–Crippen LogP) is 5.43. The highest BCUT2D eigenvalue weighted by atomic mass is 35.5. The van der Waals surface area contributed by atoms with Gasteiger partial charge >= 0.3 is 0 Å². The molecule has 0 saturated carbocycles. The van der Waals surface area contributed by atoms with Crippen LogP contribution in [-0.4, -0.2) is 48.5 Å². The Hall–Kier alpha value is -2.83. The molecule has 0 bridgehead atoms. The first-order chi connectivity index (χ1) is 16.4. The van der Waals surface area contributed by atoms with Crippen molar-refractivity contribution in [2.45, 2.75) is 40.2 Å². The molecule has 1 unspecified atom stereocenters. The van der Waals surface area contributed by atoms with Gasteiger partial charge in [0, 0.05) is 11.6 Å². The number of fused-ring (bicyclic) bond motifs is 2. The van der Waals surface area contributed by atoms with Crippen LogP contribution in [0.4, 0.5) is 0 Å². The first kappa shape index (κ1) is 24.3. The molecule has 7 heteroatoms. The second-order valence-corrected chi connectivity index (χ2v) is 8.96. The minimum absolute atomic E-state index is 0.126. The summed E-state index contributed by atoms with van der Waals surface area (Å²) in [7, 11) is 0. The first-order valence-electron chi connectivity index (χ1n) is 11.9. The fourth-order valence-electron chi connectivity index (χ4n) is 4.64. The molecule has 1 aliphatic rings. The summed E-state index contributed by atoms with van der Waals surface area (Å²) in [5.74, 6) is 0.623. The summed E-state index contributed by atoms with van der Waals surface area (Å²) in [5.41, 5.74) is 2.19. The SMILES string of the molecule is CCOc1ccc(C2c3c(oc4cc(C)c(Cl)cc4c3=O)C(=O)N2CCCN(CC)CC)cc1. The van der Waals surface area contributed by atoms with Crippen LogP contribution in [0, 0.1) is 6.92 Å². The highest BCUT2D eigenvalue weighted by Crippen LogP contribution is 2.39. The van der Waals surface area contributed by atoms with Crippen LogP contribution >= 0.6 is 11.6 Å². The Balaban J connectivity index is 1.80. The lowest BCUT2D eigenvalue weighted by atomic mass is 9.98. The quantitative estimate of drug-likeness (QED) is 0.407. The Labute approximate surface area is 205 Å². The number of carbonyl (C=O) groups excluding carboxylic acids is 1. The van der Waals surface area contributed by atoms with Gasteiger partial charge in [0.2, 0.25) is 5.76 Å². The molecule has 0 N–H and O–H groups in total. The van der Waals surface area contributed by atoms with Crippen molar-refractivity contribution in [3.63, 3.8) is 0 Å². The molecule has 0 radical (unpaired) electrons. The van der Waals surface area contributed by atoms with E-state index in [2.05, 4.69) is 18.7 Å². The minimum Gasteiger partial charge on any atom is -0.494 e. The molecular formula is C27H31ClN2O4. The van der Waals surface area contributed by atoms with Crippen LogP contribution in [0.3, 0.4) is 0 Å². The molecule has 0 aliphatic carbocycles. The molecule has 0 saturated heterocycles. The third kappa shape index (κ3) is 4.44. The predicted molar refractivity (Wildman–Crippen MR) is 135 cm³/mol. The second-order valence-electron chi connectivity index (χ2n) is 8.56. The maximum Gasteiger partial charge on any atom is 0.290 e. The molecule has 1 atom stereocenters. The van der Waals surface area contributed by atoms with Crippen molar-refractivity contribution in [2.24, 2.45) is 0 Å². The molecular weight excluding hydrogens is 452 g/mol. The highest BCUT2D eigenvalue weighted by molar-refractivity contribution is 6.32. The van der Waals surface area contributed by atoms with Crippen molar-refractivity contribution in [3.8, 4) is 5.75 Å². The molecule has 2 aromatic carbocycles. The minimum atomic E-state index is -0.518. The molecule has 3 aromatic rings. The van der Waals surface area contributed by atoms with Crippen molar-refractivity contribution in [3.05, 3.63) is 74.1 Å². The number of benzene rings is 2. The molecule has 1 amide bonds. The van der Waals surface area contributed by atoms with Crippen molar-refractivity contribution >= 4 is 28.5 Å². The maximum atomic E-state index is 13.7. The Morgan fingerprint density at radius 3 is 2.44 bits per heavy atom. The van der Waals surface area contributed by atoms with Crippen LogP contribution in [0.5, 0.6) is 5.75 Å². The smallest absolute Gasteiger partial charge is 0.290 e. The van der Waals surface area contributed by atoms with Gasteiger partial charge in [0.25, 0.3) is 5.91 Å². The summed E-state index contributed by atoms with van der Waals surface area (Å²) < 4.78 is 11.6. The average Bonchev–Trinajstić information content (AvgIpc) is 3.11. The van der Waals surface area contributed by atoms with E-state index in [9.17, 15) is 9.59 Å². The van der Waals surface area contributed by atoms with Gasteiger partial charge in [0.15, 0.2) is 5.43 Å². The number of amides is 1. The fraction of sp³-hybridized carbons (Fsp3) is 0.407. The molecule has 180 valence electrons. The van der Waals surface area contributed by atoms with Crippen LogP contribution in [0.2, 0.25) is 5.02 Å². The van der Waals surface area contributed by atoms with Gasteiger partial charge in [-0.05, 0) is 75.3 Å². The first-order valence-corrected chi connectivity index (χ1v) is 12.3. The van der Waals surface area contributed by atoms with E-state index in [-0.39, 0.29) is 17.1 Å². The lowest BCUT2D eigenvalue weighted by molar-refractivity contribution is 0.0720. The van der Waals surface area contributed by atoms with Gasteiger partial charge in [-0.1, -0.05) is 37.6 Å². The van der Waals surface area contributed by atoms with Gasteiger partial charge in [-0.2, -0.15) is 0 Å². The highest BCUT2D eigenvalue weighted by Gasteiger charge is 2.42. The summed E-state index contributed by atoms with van der Waals surface area (Å²) >= 11 is 6.32. The molecule has 4 rings (SSSR count). The normalized spacial score (nSPS) is 15.4. The maximum absolute atomic E-state index is 13.7. The Morgan fingerprint density at radius 2 is 1.79 bits per heavy atom. The summed E-state index contributed by atoms with van der Waals surface area (Å²) in [4.78, 5) is 31.3. The lowest BCUT2D eigenvalue weighted by Crippen LogP contribution is -2.33. The fourth-order valence-corrected chi connectivity index (χ4v) is 4.80. The van der Waals surface area contributed by atoms with Crippen LogP contribution < -0.4 is 10.2 Å². The number of nitrogens with zero attached hydrogens (tertiary/aromatic N) is 2. The van der Waals surface area contributed by atoms with Crippen LogP contribution in [0.25, 0.3) is 11.0 Å². The van der Waals surface area contributed by atoms with Crippen LogP contribution in [0.15, 0.2) is 45.6 Å². The zero-order valence-electron chi connectivity index (χ0n) is 20.2. The van der Waals surface area contributed by atoms with E-state index in [4.69, 9.17) is 20.8 Å². The molecule has 1 aromatic heterocycles. The van der Waals surface area contributed by atoms with Gasteiger partial charge in [-0.15, -0.1) is 0 Å². The number of halogens is 1. The topological polar surface area (TPSA) is 63.0 Å². The zero-order chi connectivity index (χ0) is 24.4. The third-order valence-corrected chi connectivity index (χ3v) is 6.93. The van der Waals surface area contributed by atoms with Gasteiger partial charge in [-0.25, -0.2) is 0 Å². The monoisotopic (exact) mass is 482 g/mol. The largest absolute Gasteiger partial charge is 0.494 e. The number of ether oxygens (including phenoxy) is 1. The molecule has 0 fully saturated rings. The van der Waals surface area contributed by atoms with E-state index in [1.807, 2.05) is 38.1 Å². The Morgan fingerprint density at radius 1 is 1.09 bits per heavy atom. The van der Waals surface area contributed by atoms with Crippen molar-refractivity contribution in [2.75, 3.05) is 32.8 Å². The van der Waals surface area contributed by atoms with Gasteiger partial charge in [0.05, 0.1) is 23.6 Å². The summed E-state index contributed by atoms with van der Waals surface area (Å²) in [6.07, 6.45) is 0.799. The number of hydrogen-bond acceptors (Lipinski definition) is 5. The summed E-state index contributed by atoms with van der Waals surface area (Å²) in [5, 5.41) is 0.890. The Kier molecular flexibility index (Phi) is 7.29. The van der Waals surface area contributed by atoms with Gasteiger partial charge in [-0.3, -0.25) is 9.59 Å². The van der Waals surface area contributed by atoms with Gasteiger partial charge in [0.1, 0.15) is 11.3 Å². The molecule has 2 heterocycles. The average molecular weight is 483 g/mol. The Bertz CT molecular complexity index is 1250. The summed E-state index contributed by atoms with van der Waals surface area (Å²) in [6.45, 7) is 11.9. The van der Waals surface area contributed by atoms with E-state index < -0.39 is 6.04 Å². The van der Waals surface area contributed by atoms with Crippen LogP contribution in [0.1, 0.15) is 60.5 Å². The van der Waals surface area contributed by atoms with Gasteiger partial charge < -0.3 is 19.0 Å². The van der Waals surface area contributed by atoms with Crippen molar-refractivity contribution in [1.29, 1.82) is 0 Å². The summed E-state index contributed by atoms with van der Waals surface area (Å²) in [6, 6.07) is 10.4. The van der Waals surface area contributed by atoms with Crippen LogP contribution in [-0.2, 0) is 0 Å². The van der Waals surface area contributed by atoms with Crippen molar-refractivity contribution in [1.82, 2.24) is 9.80 Å². The number of carbonyl (C=O) groups is 1.